The average Bonchev–Trinajstić information content (AvgIpc) is 2.72. The van der Waals surface area contributed by atoms with Gasteiger partial charge in [-0.05, 0) is 42.7 Å². The van der Waals surface area contributed by atoms with E-state index in [0.717, 1.165) is 23.3 Å². The van der Waals surface area contributed by atoms with E-state index in [-0.39, 0.29) is 11.4 Å². The van der Waals surface area contributed by atoms with Crippen LogP contribution in [0, 0.1) is 6.92 Å². The molecule has 0 saturated carbocycles. The Bertz CT molecular complexity index is 1180. The smallest absolute Gasteiger partial charge is 0.332 e. The van der Waals surface area contributed by atoms with E-state index < -0.39 is 23.1 Å². The van der Waals surface area contributed by atoms with E-state index >= 15 is 0 Å². The van der Waals surface area contributed by atoms with Crippen molar-refractivity contribution in [2.75, 3.05) is 6.54 Å². The van der Waals surface area contributed by atoms with Crippen molar-refractivity contribution in [2.45, 2.75) is 26.1 Å². The van der Waals surface area contributed by atoms with Crippen LogP contribution in [0.25, 0.3) is 5.69 Å². The molecule has 154 valence electrons. The number of aryl methyl sites for hydroxylation is 1. The molecule has 4 rings (SSSR count). The van der Waals surface area contributed by atoms with Crippen LogP contribution in [-0.4, -0.2) is 27.1 Å². The summed E-state index contributed by atoms with van der Waals surface area (Å²) in [5.41, 5.74) is 0.917. The molecule has 8 heteroatoms. The van der Waals surface area contributed by atoms with Crippen molar-refractivity contribution in [1.29, 1.82) is 0 Å². The number of rotatable bonds is 2. The fourth-order valence-electron chi connectivity index (χ4n) is 3.59. The molecule has 0 unspecified atom stereocenters. The summed E-state index contributed by atoms with van der Waals surface area (Å²) in [4.78, 5) is 27.0. The third-order valence-electron chi connectivity index (χ3n) is 5.15. The normalized spacial score (nSPS) is 13.8. The van der Waals surface area contributed by atoms with Crippen LogP contribution in [0.4, 0.5) is 13.2 Å². The molecule has 5 nitrogen and oxygen atoms in total. The Balaban J connectivity index is 1.71. The van der Waals surface area contributed by atoms with Crippen LogP contribution in [0.1, 0.15) is 32.9 Å². The van der Waals surface area contributed by atoms with Crippen molar-refractivity contribution in [3.8, 4) is 5.69 Å². The van der Waals surface area contributed by atoms with Crippen LogP contribution in [0.5, 0.6) is 0 Å². The molecule has 0 atom stereocenters. The number of carbonyl (C=O) groups excluding carboxylic acids is 1. The Hall–Kier alpha value is -3.42. The molecule has 1 aliphatic rings. The zero-order chi connectivity index (χ0) is 21.5. The van der Waals surface area contributed by atoms with E-state index in [9.17, 15) is 22.8 Å². The lowest BCUT2D eigenvalue weighted by Crippen LogP contribution is -2.39. The zero-order valence-corrected chi connectivity index (χ0v) is 16.1. The highest BCUT2D eigenvalue weighted by molar-refractivity contribution is 5.92. The maximum Gasteiger partial charge on any atom is 0.416 e. The number of alkyl halides is 3. The molecule has 0 N–H and O–H groups in total. The van der Waals surface area contributed by atoms with Crippen LogP contribution in [0.3, 0.4) is 0 Å². The van der Waals surface area contributed by atoms with Gasteiger partial charge in [-0.2, -0.15) is 18.3 Å². The van der Waals surface area contributed by atoms with Crippen LogP contribution < -0.4 is 5.43 Å². The van der Waals surface area contributed by atoms with Crippen molar-refractivity contribution < 1.29 is 18.0 Å². The largest absolute Gasteiger partial charge is 0.416 e. The van der Waals surface area contributed by atoms with Crippen LogP contribution in [0.2, 0.25) is 0 Å². The number of amides is 1. The predicted molar refractivity (Wildman–Crippen MR) is 104 cm³/mol. The van der Waals surface area contributed by atoms with Crippen molar-refractivity contribution >= 4 is 5.91 Å². The van der Waals surface area contributed by atoms with Gasteiger partial charge in [0.2, 0.25) is 5.43 Å². The summed E-state index contributed by atoms with van der Waals surface area (Å²) in [5.74, 6) is -0.532. The van der Waals surface area contributed by atoms with E-state index in [4.69, 9.17) is 0 Å². The second kappa shape index (κ2) is 7.44. The second-order valence-electron chi connectivity index (χ2n) is 7.20. The molecular weight excluding hydrogens is 395 g/mol. The Morgan fingerprint density at radius 3 is 2.50 bits per heavy atom. The molecule has 1 aliphatic heterocycles. The monoisotopic (exact) mass is 413 g/mol. The van der Waals surface area contributed by atoms with E-state index in [1.165, 1.54) is 27.8 Å². The highest BCUT2D eigenvalue weighted by Gasteiger charge is 2.31. The molecule has 2 heterocycles. The summed E-state index contributed by atoms with van der Waals surface area (Å²) < 4.78 is 40.4. The quantitative estimate of drug-likeness (QED) is 0.643. The lowest BCUT2D eigenvalue weighted by atomic mass is 10.00. The maximum absolute atomic E-state index is 13.1. The molecular formula is C22H18F3N3O2. The summed E-state index contributed by atoms with van der Waals surface area (Å²) >= 11 is 0. The van der Waals surface area contributed by atoms with Gasteiger partial charge in [0.25, 0.3) is 5.91 Å². The van der Waals surface area contributed by atoms with E-state index in [0.29, 0.717) is 25.2 Å². The topological polar surface area (TPSA) is 55.2 Å². The highest BCUT2D eigenvalue weighted by atomic mass is 19.4. The minimum Gasteiger partial charge on any atom is -0.332 e. The van der Waals surface area contributed by atoms with Gasteiger partial charge in [-0.3, -0.25) is 9.59 Å². The number of hydrogen-bond donors (Lipinski definition) is 0. The van der Waals surface area contributed by atoms with E-state index in [2.05, 4.69) is 5.10 Å². The Morgan fingerprint density at radius 1 is 1.03 bits per heavy atom. The van der Waals surface area contributed by atoms with Crippen LogP contribution in [0.15, 0.2) is 59.4 Å². The maximum atomic E-state index is 13.1. The van der Waals surface area contributed by atoms with Crippen molar-refractivity contribution in [3.05, 3.63) is 92.9 Å². The summed E-state index contributed by atoms with van der Waals surface area (Å²) in [6, 6.07) is 13.6. The van der Waals surface area contributed by atoms with Gasteiger partial charge in [-0.25, -0.2) is 4.68 Å². The van der Waals surface area contributed by atoms with Crippen LogP contribution >= 0.6 is 0 Å². The van der Waals surface area contributed by atoms with Crippen LogP contribution in [-0.2, 0) is 19.1 Å². The number of halogens is 3. The molecule has 3 aromatic rings. The zero-order valence-electron chi connectivity index (χ0n) is 16.1. The molecule has 1 amide bonds. The summed E-state index contributed by atoms with van der Waals surface area (Å²) in [5, 5.41) is 4.14. The number of aromatic nitrogens is 2. The van der Waals surface area contributed by atoms with Gasteiger partial charge in [0.1, 0.15) is 0 Å². The van der Waals surface area contributed by atoms with Gasteiger partial charge >= 0.3 is 6.18 Å². The number of carbonyl (C=O) groups is 1. The van der Waals surface area contributed by atoms with Gasteiger partial charge in [0.15, 0.2) is 5.69 Å². The summed E-state index contributed by atoms with van der Waals surface area (Å²) in [6.45, 7) is 2.35. The van der Waals surface area contributed by atoms with Gasteiger partial charge in [0.05, 0.1) is 11.3 Å². The minimum atomic E-state index is -4.51. The lowest BCUT2D eigenvalue weighted by Gasteiger charge is -2.28. The SMILES string of the molecule is Cc1cc(=O)c(C(=O)N2CCc3ccccc3C2)nn1-c1cccc(C(F)(F)F)c1. The average molecular weight is 413 g/mol. The fourth-order valence-corrected chi connectivity index (χ4v) is 3.59. The number of benzene rings is 2. The minimum absolute atomic E-state index is 0.125. The summed E-state index contributed by atoms with van der Waals surface area (Å²) in [7, 11) is 0. The first-order valence-electron chi connectivity index (χ1n) is 9.39. The molecule has 30 heavy (non-hydrogen) atoms. The number of fused-ring (bicyclic) bond motifs is 1. The lowest BCUT2D eigenvalue weighted by molar-refractivity contribution is -0.137. The first kappa shape index (κ1) is 19.9. The molecule has 2 aromatic carbocycles. The third kappa shape index (κ3) is 3.72. The third-order valence-corrected chi connectivity index (χ3v) is 5.15. The Kier molecular flexibility index (Phi) is 4.93. The molecule has 0 spiro atoms. The first-order chi connectivity index (χ1) is 14.2. The van der Waals surface area contributed by atoms with Crippen molar-refractivity contribution in [3.63, 3.8) is 0 Å². The Morgan fingerprint density at radius 2 is 1.77 bits per heavy atom. The van der Waals surface area contributed by atoms with E-state index in [1.54, 1.807) is 6.92 Å². The molecule has 1 aromatic heterocycles. The first-order valence-corrected chi connectivity index (χ1v) is 9.39. The molecule has 0 aliphatic carbocycles. The second-order valence-corrected chi connectivity index (χ2v) is 7.20. The van der Waals surface area contributed by atoms with E-state index in [1.807, 2.05) is 24.3 Å². The fraction of sp³-hybridized carbons (Fsp3) is 0.227. The van der Waals surface area contributed by atoms with Gasteiger partial charge in [-0.15, -0.1) is 0 Å². The molecule has 0 radical (unpaired) electrons. The summed E-state index contributed by atoms with van der Waals surface area (Å²) in [6.07, 6.45) is -3.85. The molecule has 0 saturated heterocycles. The standard InChI is InChI=1S/C22H18F3N3O2/c1-14-11-19(29)20(21(30)27-10-9-15-5-2-3-6-16(15)13-27)26-28(14)18-8-4-7-17(12-18)22(23,24)25/h2-8,11-12H,9-10,13H2,1H3. The number of nitrogens with zero attached hydrogens (tertiary/aromatic N) is 3. The molecule has 0 fully saturated rings. The highest BCUT2D eigenvalue weighted by Crippen LogP contribution is 2.30. The number of hydrogen-bond acceptors (Lipinski definition) is 3. The predicted octanol–water partition coefficient (Wildman–Crippen LogP) is 3.76. The van der Waals surface area contributed by atoms with Crippen molar-refractivity contribution in [1.82, 2.24) is 14.7 Å². The Labute approximate surface area is 170 Å². The van der Waals surface area contributed by atoms with Gasteiger partial charge < -0.3 is 4.90 Å². The van der Waals surface area contributed by atoms with Crippen molar-refractivity contribution in [2.24, 2.45) is 0 Å². The molecule has 0 bridgehead atoms. The van der Waals surface area contributed by atoms with Gasteiger partial charge in [0, 0.05) is 24.8 Å². The van der Waals surface area contributed by atoms with Gasteiger partial charge in [-0.1, -0.05) is 30.3 Å².